The fraction of sp³-hybridized carbons (Fsp3) is 1.00. The summed E-state index contributed by atoms with van der Waals surface area (Å²) in [7, 11) is 2.16. The summed E-state index contributed by atoms with van der Waals surface area (Å²) in [6.07, 6.45) is 1.22. The highest BCUT2D eigenvalue weighted by atomic mass is 15.5. The van der Waals surface area contributed by atoms with Crippen LogP contribution in [-0.2, 0) is 0 Å². The molecule has 9 heavy (non-hydrogen) atoms. The molecular weight excluding hydrogens is 112 g/mol. The Labute approximate surface area is 57.2 Å². The van der Waals surface area contributed by atoms with Crippen LogP contribution in [0.2, 0.25) is 0 Å². The van der Waals surface area contributed by atoms with Crippen molar-refractivity contribution in [3.05, 3.63) is 0 Å². The van der Waals surface area contributed by atoms with Crippen molar-refractivity contribution < 1.29 is 0 Å². The van der Waals surface area contributed by atoms with Gasteiger partial charge in [-0.1, -0.05) is 13.8 Å². The predicted molar refractivity (Wildman–Crippen MR) is 39.3 cm³/mol. The first-order valence-electron chi connectivity index (χ1n) is 3.71. The second-order valence-corrected chi connectivity index (χ2v) is 2.77. The molecule has 1 aliphatic heterocycles. The van der Waals surface area contributed by atoms with Crippen LogP contribution >= 0.6 is 0 Å². The Kier molecular flexibility index (Phi) is 1.78. The second-order valence-electron chi connectivity index (χ2n) is 2.77. The van der Waals surface area contributed by atoms with Gasteiger partial charge in [-0.25, -0.2) is 0 Å². The Morgan fingerprint density at radius 2 is 2.11 bits per heavy atom. The van der Waals surface area contributed by atoms with Gasteiger partial charge in [0.05, 0.1) is 5.66 Å². The molecule has 0 aliphatic carbocycles. The van der Waals surface area contributed by atoms with Crippen molar-refractivity contribution in [2.24, 2.45) is 0 Å². The largest absolute Gasteiger partial charge is 0.298 e. The first kappa shape index (κ1) is 7.03. The molecule has 0 bridgehead atoms. The molecule has 1 heterocycles. The van der Waals surface area contributed by atoms with Crippen molar-refractivity contribution in [3.63, 3.8) is 0 Å². The third-order valence-electron chi connectivity index (χ3n) is 2.22. The van der Waals surface area contributed by atoms with Gasteiger partial charge >= 0.3 is 0 Å². The number of nitrogens with zero attached hydrogens (tertiary/aromatic N) is 1. The van der Waals surface area contributed by atoms with Gasteiger partial charge in [0.2, 0.25) is 0 Å². The van der Waals surface area contributed by atoms with E-state index in [0.717, 1.165) is 6.54 Å². The van der Waals surface area contributed by atoms with Gasteiger partial charge in [-0.2, -0.15) is 0 Å². The van der Waals surface area contributed by atoms with Gasteiger partial charge in [-0.05, 0) is 20.0 Å². The van der Waals surface area contributed by atoms with E-state index in [-0.39, 0.29) is 0 Å². The zero-order valence-electron chi connectivity index (χ0n) is 6.57. The molecule has 0 amide bonds. The summed E-state index contributed by atoms with van der Waals surface area (Å²) in [5, 5.41) is 3.46. The molecule has 0 radical (unpaired) electrons. The minimum Gasteiger partial charge on any atom is -0.298 e. The Morgan fingerprint density at radius 1 is 1.56 bits per heavy atom. The van der Waals surface area contributed by atoms with E-state index in [1.54, 1.807) is 0 Å². The Hall–Kier alpha value is -0.0800. The van der Waals surface area contributed by atoms with E-state index in [9.17, 15) is 0 Å². The summed E-state index contributed by atoms with van der Waals surface area (Å²) in [6, 6.07) is 0. The lowest BCUT2D eigenvalue weighted by Gasteiger charge is -2.13. The van der Waals surface area contributed by atoms with Crippen LogP contribution in [0.25, 0.3) is 0 Å². The maximum Gasteiger partial charge on any atom is 0.0839 e. The standard InChI is InChI=1S/C7H16N2/c1-4-7(8-5-2)6-9(7)3/h8H,4-6H2,1-3H3. The van der Waals surface area contributed by atoms with Gasteiger partial charge in [-0.3, -0.25) is 10.2 Å². The zero-order chi connectivity index (χ0) is 6.91. The highest BCUT2D eigenvalue weighted by Gasteiger charge is 2.46. The summed E-state index contributed by atoms with van der Waals surface area (Å²) in [6.45, 7) is 6.69. The van der Waals surface area contributed by atoms with Crippen LogP contribution in [0.4, 0.5) is 0 Å². The van der Waals surface area contributed by atoms with Gasteiger partial charge in [0.15, 0.2) is 0 Å². The summed E-state index contributed by atoms with van der Waals surface area (Å²) in [5.41, 5.74) is 0.384. The van der Waals surface area contributed by atoms with E-state index < -0.39 is 0 Å². The fourth-order valence-corrected chi connectivity index (χ4v) is 1.38. The van der Waals surface area contributed by atoms with E-state index in [0.29, 0.717) is 5.66 Å². The fourth-order valence-electron chi connectivity index (χ4n) is 1.38. The summed E-state index contributed by atoms with van der Waals surface area (Å²) < 4.78 is 0. The Balaban J connectivity index is 2.33. The maximum atomic E-state index is 3.46. The first-order valence-corrected chi connectivity index (χ1v) is 3.71. The number of likely N-dealkylation sites (N-methyl/N-ethyl adjacent to an activating group) is 2. The van der Waals surface area contributed by atoms with E-state index in [1.807, 2.05) is 0 Å². The maximum absolute atomic E-state index is 3.46. The minimum absolute atomic E-state index is 0.384. The normalized spacial score (nSPS) is 41.0. The third kappa shape index (κ3) is 1.10. The lowest BCUT2D eigenvalue weighted by molar-refractivity contribution is 0.379. The van der Waals surface area contributed by atoms with Crippen LogP contribution in [0, 0.1) is 0 Å². The number of nitrogens with one attached hydrogen (secondary N) is 1. The minimum atomic E-state index is 0.384. The SMILES string of the molecule is CCNC1(CC)CN1C. The van der Waals surface area contributed by atoms with Gasteiger partial charge in [-0.15, -0.1) is 0 Å². The molecule has 1 N–H and O–H groups in total. The molecule has 1 fully saturated rings. The lowest BCUT2D eigenvalue weighted by atomic mass is 10.2. The predicted octanol–water partition coefficient (Wildman–Crippen LogP) is 0.648. The van der Waals surface area contributed by atoms with Crippen LogP contribution in [0.15, 0.2) is 0 Å². The van der Waals surface area contributed by atoms with Crippen molar-refractivity contribution in [1.82, 2.24) is 10.2 Å². The van der Waals surface area contributed by atoms with Gasteiger partial charge in [0, 0.05) is 6.54 Å². The van der Waals surface area contributed by atoms with E-state index in [1.165, 1.54) is 13.0 Å². The lowest BCUT2D eigenvalue weighted by Crippen LogP contribution is -2.35. The van der Waals surface area contributed by atoms with Crippen LogP contribution < -0.4 is 5.32 Å². The van der Waals surface area contributed by atoms with E-state index >= 15 is 0 Å². The van der Waals surface area contributed by atoms with E-state index in [4.69, 9.17) is 0 Å². The Morgan fingerprint density at radius 3 is 2.22 bits per heavy atom. The first-order chi connectivity index (χ1) is 4.25. The molecule has 0 saturated carbocycles. The summed E-state index contributed by atoms with van der Waals surface area (Å²) in [5.74, 6) is 0. The molecule has 2 heteroatoms. The molecular formula is C7H16N2. The zero-order valence-corrected chi connectivity index (χ0v) is 6.57. The molecule has 2 atom stereocenters. The number of rotatable bonds is 3. The molecule has 54 valence electrons. The smallest absolute Gasteiger partial charge is 0.0839 e. The molecule has 1 rings (SSSR count). The molecule has 2 nitrogen and oxygen atoms in total. The van der Waals surface area contributed by atoms with Gasteiger partial charge in [0.25, 0.3) is 0 Å². The van der Waals surface area contributed by atoms with Crippen LogP contribution in [-0.4, -0.2) is 30.7 Å². The summed E-state index contributed by atoms with van der Waals surface area (Å²) >= 11 is 0. The van der Waals surface area contributed by atoms with Gasteiger partial charge in [0.1, 0.15) is 0 Å². The molecule has 0 aromatic rings. The third-order valence-corrected chi connectivity index (χ3v) is 2.22. The number of hydrogen-bond donors (Lipinski definition) is 1. The average Bonchev–Trinajstić information content (AvgIpc) is 2.45. The average molecular weight is 128 g/mol. The van der Waals surface area contributed by atoms with Crippen molar-refractivity contribution >= 4 is 0 Å². The highest BCUT2D eigenvalue weighted by molar-refractivity contribution is 5.01. The van der Waals surface area contributed by atoms with E-state index in [2.05, 4.69) is 31.1 Å². The molecule has 0 aromatic heterocycles. The quantitative estimate of drug-likeness (QED) is 0.561. The van der Waals surface area contributed by atoms with Crippen LogP contribution in [0.3, 0.4) is 0 Å². The highest BCUT2D eigenvalue weighted by Crippen LogP contribution is 2.29. The van der Waals surface area contributed by atoms with Crippen LogP contribution in [0.1, 0.15) is 20.3 Å². The van der Waals surface area contributed by atoms with Crippen molar-refractivity contribution in [2.45, 2.75) is 25.9 Å². The van der Waals surface area contributed by atoms with Crippen molar-refractivity contribution in [1.29, 1.82) is 0 Å². The van der Waals surface area contributed by atoms with Crippen molar-refractivity contribution in [2.75, 3.05) is 20.1 Å². The second kappa shape index (κ2) is 2.27. The van der Waals surface area contributed by atoms with Crippen molar-refractivity contribution in [3.8, 4) is 0 Å². The monoisotopic (exact) mass is 128 g/mol. The van der Waals surface area contributed by atoms with Crippen LogP contribution in [0.5, 0.6) is 0 Å². The molecule has 1 aliphatic rings. The topological polar surface area (TPSA) is 15.0 Å². The molecule has 0 aromatic carbocycles. The molecule has 1 saturated heterocycles. The van der Waals surface area contributed by atoms with Gasteiger partial charge < -0.3 is 0 Å². The Bertz CT molecular complexity index is 99.1. The number of hydrogen-bond acceptors (Lipinski definition) is 2. The molecule has 0 spiro atoms. The molecule has 2 unspecified atom stereocenters. The summed E-state index contributed by atoms with van der Waals surface area (Å²) in [4.78, 5) is 2.34.